The third-order valence-corrected chi connectivity index (χ3v) is 2.86. The molecular weight excluding hydrogens is 253 g/mol. The molecule has 0 radical (unpaired) electrons. The molecule has 0 atom stereocenters. The Labute approximate surface area is 109 Å². The van der Waals surface area contributed by atoms with Crippen molar-refractivity contribution in [1.82, 2.24) is 0 Å². The first-order valence-corrected chi connectivity index (χ1v) is 5.86. The SMILES string of the molecule is Oc1cccc(Cc2ccccc2)c1CC(F)(F)F. The average Bonchev–Trinajstić information content (AvgIpc) is 2.34. The minimum absolute atomic E-state index is 0.0427. The van der Waals surface area contributed by atoms with Crippen LogP contribution < -0.4 is 0 Å². The van der Waals surface area contributed by atoms with Crippen molar-refractivity contribution in [3.05, 3.63) is 65.2 Å². The van der Waals surface area contributed by atoms with Crippen LogP contribution in [0.25, 0.3) is 0 Å². The van der Waals surface area contributed by atoms with E-state index in [-0.39, 0.29) is 11.3 Å². The molecule has 0 heterocycles. The van der Waals surface area contributed by atoms with E-state index in [1.165, 1.54) is 6.07 Å². The fourth-order valence-electron chi connectivity index (χ4n) is 2.01. The van der Waals surface area contributed by atoms with E-state index in [0.29, 0.717) is 12.0 Å². The summed E-state index contributed by atoms with van der Waals surface area (Å²) in [5, 5.41) is 9.63. The number of aromatic hydroxyl groups is 1. The van der Waals surface area contributed by atoms with Gasteiger partial charge in [-0.1, -0.05) is 42.5 Å². The van der Waals surface area contributed by atoms with Crippen LogP contribution in [0, 0.1) is 0 Å². The molecule has 2 aromatic carbocycles. The van der Waals surface area contributed by atoms with Crippen molar-refractivity contribution in [2.24, 2.45) is 0 Å². The molecule has 0 unspecified atom stereocenters. The summed E-state index contributed by atoms with van der Waals surface area (Å²) in [5.74, 6) is -0.300. The summed E-state index contributed by atoms with van der Waals surface area (Å²) < 4.78 is 37.6. The van der Waals surface area contributed by atoms with Gasteiger partial charge in [-0.3, -0.25) is 0 Å². The molecule has 0 saturated heterocycles. The molecular formula is C15H13F3O. The first kappa shape index (κ1) is 13.5. The Morgan fingerprint density at radius 2 is 1.58 bits per heavy atom. The van der Waals surface area contributed by atoms with Crippen LogP contribution in [0.2, 0.25) is 0 Å². The summed E-state index contributed by atoms with van der Waals surface area (Å²) in [6.45, 7) is 0. The van der Waals surface area contributed by atoms with Gasteiger partial charge < -0.3 is 5.11 Å². The minimum Gasteiger partial charge on any atom is -0.508 e. The molecule has 2 aromatic rings. The molecule has 0 saturated carbocycles. The molecule has 1 nitrogen and oxygen atoms in total. The second kappa shape index (κ2) is 5.34. The predicted molar refractivity (Wildman–Crippen MR) is 67.1 cm³/mol. The Kier molecular flexibility index (Phi) is 3.79. The average molecular weight is 266 g/mol. The quantitative estimate of drug-likeness (QED) is 0.887. The van der Waals surface area contributed by atoms with Gasteiger partial charge in [0, 0.05) is 5.56 Å². The lowest BCUT2D eigenvalue weighted by molar-refractivity contribution is -0.127. The van der Waals surface area contributed by atoms with E-state index < -0.39 is 12.6 Å². The van der Waals surface area contributed by atoms with E-state index in [1.54, 1.807) is 12.1 Å². The van der Waals surface area contributed by atoms with Crippen LogP contribution in [0.3, 0.4) is 0 Å². The van der Waals surface area contributed by atoms with Crippen LogP contribution in [-0.2, 0) is 12.8 Å². The zero-order valence-corrected chi connectivity index (χ0v) is 10.1. The highest BCUT2D eigenvalue weighted by Crippen LogP contribution is 2.30. The monoisotopic (exact) mass is 266 g/mol. The Bertz CT molecular complexity index is 547. The molecule has 4 heteroatoms. The normalized spacial score (nSPS) is 11.5. The van der Waals surface area contributed by atoms with Gasteiger partial charge in [-0.2, -0.15) is 13.2 Å². The number of hydrogen-bond donors (Lipinski definition) is 1. The van der Waals surface area contributed by atoms with E-state index in [4.69, 9.17) is 0 Å². The van der Waals surface area contributed by atoms with Gasteiger partial charge in [-0.15, -0.1) is 0 Å². The van der Waals surface area contributed by atoms with Crippen molar-refractivity contribution in [1.29, 1.82) is 0 Å². The summed E-state index contributed by atoms with van der Waals surface area (Å²) in [5.41, 5.74) is 1.37. The molecule has 2 rings (SSSR count). The molecule has 100 valence electrons. The first-order chi connectivity index (χ1) is 8.96. The summed E-state index contributed by atoms with van der Waals surface area (Å²) in [6.07, 6.45) is -5.06. The lowest BCUT2D eigenvalue weighted by Gasteiger charge is -2.13. The van der Waals surface area contributed by atoms with E-state index in [2.05, 4.69) is 0 Å². The molecule has 0 aromatic heterocycles. The Hall–Kier alpha value is -1.97. The minimum atomic E-state index is -4.33. The van der Waals surface area contributed by atoms with Gasteiger partial charge in [0.2, 0.25) is 0 Å². The number of alkyl halides is 3. The Morgan fingerprint density at radius 3 is 2.21 bits per heavy atom. The number of hydrogen-bond acceptors (Lipinski definition) is 1. The topological polar surface area (TPSA) is 20.2 Å². The van der Waals surface area contributed by atoms with Crippen molar-refractivity contribution in [3.8, 4) is 5.75 Å². The van der Waals surface area contributed by atoms with Gasteiger partial charge in [-0.05, 0) is 23.6 Å². The molecule has 0 aliphatic heterocycles. The van der Waals surface area contributed by atoms with E-state index in [1.807, 2.05) is 30.3 Å². The number of phenols is 1. The van der Waals surface area contributed by atoms with Crippen molar-refractivity contribution in [2.45, 2.75) is 19.0 Å². The van der Waals surface area contributed by atoms with Crippen molar-refractivity contribution in [3.63, 3.8) is 0 Å². The van der Waals surface area contributed by atoms with Crippen LogP contribution in [0.15, 0.2) is 48.5 Å². The predicted octanol–water partition coefficient (Wildman–Crippen LogP) is 4.09. The van der Waals surface area contributed by atoms with Gasteiger partial charge in [0.15, 0.2) is 0 Å². The Morgan fingerprint density at radius 1 is 0.895 bits per heavy atom. The third kappa shape index (κ3) is 3.74. The molecule has 0 amide bonds. The van der Waals surface area contributed by atoms with Gasteiger partial charge >= 0.3 is 6.18 Å². The lowest BCUT2D eigenvalue weighted by Crippen LogP contribution is -2.13. The summed E-state index contributed by atoms with van der Waals surface area (Å²) in [6, 6.07) is 13.7. The summed E-state index contributed by atoms with van der Waals surface area (Å²) >= 11 is 0. The van der Waals surface area contributed by atoms with Crippen LogP contribution in [-0.4, -0.2) is 11.3 Å². The fourth-order valence-corrected chi connectivity index (χ4v) is 2.01. The zero-order valence-electron chi connectivity index (χ0n) is 10.1. The maximum absolute atomic E-state index is 12.5. The molecule has 0 fully saturated rings. The zero-order chi connectivity index (χ0) is 13.9. The fraction of sp³-hybridized carbons (Fsp3) is 0.200. The smallest absolute Gasteiger partial charge is 0.393 e. The van der Waals surface area contributed by atoms with Crippen LogP contribution in [0.1, 0.15) is 16.7 Å². The van der Waals surface area contributed by atoms with Gasteiger partial charge in [0.05, 0.1) is 6.42 Å². The van der Waals surface area contributed by atoms with Crippen molar-refractivity contribution < 1.29 is 18.3 Å². The van der Waals surface area contributed by atoms with E-state index in [0.717, 1.165) is 5.56 Å². The molecule has 0 aliphatic carbocycles. The number of halogens is 3. The number of benzene rings is 2. The second-order valence-electron chi connectivity index (χ2n) is 4.37. The molecule has 0 spiro atoms. The van der Waals surface area contributed by atoms with Crippen LogP contribution in [0.5, 0.6) is 5.75 Å². The molecule has 0 aliphatic rings. The highest BCUT2D eigenvalue weighted by molar-refractivity contribution is 5.42. The third-order valence-electron chi connectivity index (χ3n) is 2.86. The van der Waals surface area contributed by atoms with Crippen LogP contribution >= 0.6 is 0 Å². The standard InChI is InChI=1S/C15H13F3O/c16-15(17,18)10-13-12(7-4-8-14(13)19)9-11-5-2-1-3-6-11/h1-8,19H,9-10H2. The lowest BCUT2D eigenvalue weighted by atomic mass is 9.97. The van der Waals surface area contributed by atoms with Crippen molar-refractivity contribution in [2.75, 3.05) is 0 Å². The molecule has 19 heavy (non-hydrogen) atoms. The van der Waals surface area contributed by atoms with Gasteiger partial charge in [0.25, 0.3) is 0 Å². The summed E-state index contributed by atoms with van der Waals surface area (Å²) in [7, 11) is 0. The highest BCUT2D eigenvalue weighted by atomic mass is 19.4. The maximum atomic E-state index is 12.5. The molecule has 0 bridgehead atoms. The van der Waals surface area contributed by atoms with Gasteiger partial charge in [0.1, 0.15) is 5.75 Å². The highest BCUT2D eigenvalue weighted by Gasteiger charge is 2.30. The maximum Gasteiger partial charge on any atom is 0.393 e. The largest absolute Gasteiger partial charge is 0.508 e. The van der Waals surface area contributed by atoms with Crippen LogP contribution in [0.4, 0.5) is 13.2 Å². The first-order valence-electron chi connectivity index (χ1n) is 5.86. The Balaban J connectivity index is 2.32. The van der Waals surface area contributed by atoms with Gasteiger partial charge in [-0.25, -0.2) is 0 Å². The van der Waals surface area contributed by atoms with Crippen molar-refractivity contribution >= 4 is 0 Å². The van der Waals surface area contributed by atoms with E-state index >= 15 is 0 Å². The molecule has 1 N–H and O–H groups in total. The number of phenolic OH excluding ortho intramolecular Hbond substituents is 1. The number of rotatable bonds is 3. The summed E-state index contributed by atoms with van der Waals surface area (Å²) in [4.78, 5) is 0. The van der Waals surface area contributed by atoms with E-state index in [9.17, 15) is 18.3 Å². The second-order valence-corrected chi connectivity index (χ2v) is 4.37.